The van der Waals surface area contributed by atoms with Gasteiger partial charge in [0.15, 0.2) is 0 Å². The Hall–Kier alpha value is -0.910. The maximum absolute atomic E-state index is 5.68. The van der Waals surface area contributed by atoms with Crippen LogP contribution in [0.15, 0.2) is 12.4 Å². The van der Waals surface area contributed by atoms with E-state index in [1.807, 2.05) is 17.9 Å². The van der Waals surface area contributed by atoms with Crippen LogP contribution in [0.25, 0.3) is 0 Å². The molecule has 0 amide bonds. The van der Waals surface area contributed by atoms with Crippen LogP contribution in [-0.4, -0.2) is 53.6 Å². The second-order valence-corrected chi connectivity index (χ2v) is 5.55. The second-order valence-electron chi connectivity index (χ2n) is 5.55. The second kappa shape index (κ2) is 7.03. The minimum Gasteiger partial charge on any atom is -0.377 e. The summed E-state index contributed by atoms with van der Waals surface area (Å²) in [6.07, 6.45) is 6.80. The number of hydrogen-bond acceptors (Lipinski definition) is 4. The zero-order valence-corrected chi connectivity index (χ0v) is 12.3. The molecule has 0 aliphatic carbocycles. The van der Waals surface area contributed by atoms with Gasteiger partial charge in [-0.05, 0) is 26.8 Å². The van der Waals surface area contributed by atoms with Crippen LogP contribution in [0.3, 0.4) is 0 Å². The van der Waals surface area contributed by atoms with E-state index in [-0.39, 0.29) is 0 Å². The molecule has 0 radical (unpaired) electrons. The predicted octanol–water partition coefficient (Wildman–Crippen LogP) is 1.01. The van der Waals surface area contributed by atoms with Crippen molar-refractivity contribution in [1.82, 2.24) is 20.0 Å². The van der Waals surface area contributed by atoms with Gasteiger partial charge < -0.3 is 15.0 Å². The molecule has 0 aromatic carbocycles. The van der Waals surface area contributed by atoms with Crippen molar-refractivity contribution in [2.24, 2.45) is 7.05 Å². The highest BCUT2D eigenvalue weighted by molar-refractivity contribution is 5.02. The molecule has 1 saturated heterocycles. The van der Waals surface area contributed by atoms with Crippen LogP contribution in [-0.2, 0) is 18.3 Å². The monoisotopic (exact) mass is 266 g/mol. The Labute approximate surface area is 115 Å². The topological polar surface area (TPSA) is 42.3 Å². The van der Waals surface area contributed by atoms with Crippen LogP contribution in [0, 0.1) is 0 Å². The quantitative estimate of drug-likeness (QED) is 0.800. The van der Waals surface area contributed by atoms with Crippen LogP contribution in [0.2, 0.25) is 0 Å². The maximum atomic E-state index is 5.68. The summed E-state index contributed by atoms with van der Waals surface area (Å²) in [6.45, 7) is 6.13. The third kappa shape index (κ3) is 4.60. The molecule has 1 aromatic rings. The first-order valence-electron chi connectivity index (χ1n) is 7.16. The van der Waals surface area contributed by atoms with Gasteiger partial charge in [0.2, 0.25) is 0 Å². The van der Waals surface area contributed by atoms with E-state index in [0.717, 1.165) is 26.2 Å². The Bertz CT molecular complexity index is 373. The van der Waals surface area contributed by atoms with Gasteiger partial charge in [0.05, 0.1) is 12.3 Å². The maximum Gasteiger partial charge on any atom is 0.0726 e. The molecule has 1 aliphatic rings. The van der Waals surface area contributed by atoms with E-state index in [2.05, 4.69) is 35.5 Å². The van der Waals surface area contributed by atoms with Crippen molar-refractivity contribution in [3.63, 3.8) is 0 Å². The van der Waals surface area contributed by atoms with Gasteiger partial charge in [0, 0.05) is 51.1 Å². The molecule has 5 heteroatoms. The van der Waals surface area contributed by atoms with E-state index in [1.165, 1.54) is 18.4 Å². The minimum absolute atomic E-state index is 0.406. The van der Waals surface area contributed by atoms with Crippen LogP contribution in [0.4, 0.5) is 0 Å². The summed E-state index contributed by atoms with van der Waals surface area (Å²) in [5, 5.41) is 7.75. The number of ether oxygens (including phenoxy) is 1. The Kier molecular flexibility index (Phi) is 5.36. The summed E-state index contributed by atoms with van der Waals surface area (Å²) < 4.78 is 7.53. The van der Waals surface area contributed by atoms with E-state index in [4.69, 9.17) is 4.74 Å². The number of aryl methyl sites for hydroxylation is 1. The number of likely N-dealkylation sites (N-methyl/N-ethyl adjacent to an activating group) is 1. The van der Waals surface area contributed by atoms with Gasteiger partial charge in [0.25, 0.3) is 0 Å². The molecule has 108 valence electrons. The van der Waals surface area contributed by atoms with Crippen LogP contribution in [0.5, 0.6) is 0 Å². The van der Waals surface area contributed by atoms with Crippen molar-refractivity contribution in [3.8, 4) is 0 Å². The lowest BCUT2D eigenvalue weighted by atomic mass is 10.1. The molecule has 1 aromatic heterocycles. The molecule has 0 bridgehead atoms. The molecule has 2 atom stereocenters. The first-order valence-corrected chi connectivity index (χ1v) is 7.16. The van der Waals surface area contributed by atoms with Crippen molar-refractivity contribution >= 4 is 0 Å². The predicted molar refractivity (Wildman–Crippen MR) is 76.0 cm³/mol. The van der Waals surface area contributed by atoms with E-state index in [0.29, 0.717) is 12.1 Å². The Balaban J connectivity index is 1.62. The van der Waals surface area contributed by atoms with Crippen LogP contribution < -0.4 is 5.32 Å². The molecule has 1 aliphatic heterocycles. The molecule has 1 N–H and O–H groups in total. The molecule has 2 unspecified atom stereocenters. The number of rotatable bonds is 7. The van der Waals surface area contributed by atoms with Gasteiger partial charge in [0.1, 0.15) is 0 Å². The molecule has 2 heterocycles. The number of nitrogens with zero attached hydrogens (tertiary/aromatic N) is 3. The Morgan fingerprint density at radius 2 is 2.47 bits per heavy atom. The molecule has 0 saturated carbocycles. The first-order chi connectivity index (χ1) is 9.15. The van der Waals surface area contributed by atoms with Gasteiger partial charge in [-0.3, -0.25) is 4.68 Å². The lowest BCUT2D eigenvalue weighted by molar-refractivity contribution is 0.0829. The van der Waals surface area contributed by atoms with E-state index in [9.17, 15) is 0 Å². The number of nitrogens with one attached hydrogen (secondary N) is 1. The van der Waals surface area contributed by atoms with Gasteiger partial charge in [-0.1, -0.05) is 0 Å². The third-order valence-corrected chi connectivity index (χ3v) is 3.69. The van der Waals surface area contributed by atoms with Crippen LogP contribution in [0.1, 0.15) is 25.3 Å². The molecule has 2 rings (SSSR count). The Morgan fingerprint density at radius 1 is 1.63 bits per heavy atom. The SMILES string of the molecule is CC(NCCN(C)Cc1cnn(C)c1)C1CCCO1. The minimum atomic E-state index is 0.406. The molecule has 5 nitrogen and oxygen atoms in total. The zero-order chi connectivity index (χ0) is 13.7. The molecule has 19 heavy (non-hydrogen) atoms. The molecular formula is C14H26N4O. The normalized spacial score (nSPS) is 21.2. The zero-order valence-electron chi connectivity index (χ0n) is 12.3. The van der Waals surface area contributed by atoms with Gasteiger partial charge in [-0.25, -0.2) is 0 Å². The van der Waals surface area contributed by atoms with Gasteiger partial charge >= 0.3 is 0 Å². The highest BCUT2D eigenvalue weighted by Crippen LogP contribution is 2.15. The van der Waals surface area contributed by atoms with Crippen molar-refractivity contribution in [1.29, 1.82) is 0 Å². The molecule has 0 spiro atoms. The summed E-state index contributed by atoms with van der Waals surface area (Å²) in [5.74, 6) is 0. The molecule has 1 fully saturated rings. The fourth-order valence-electron chi connectivity index (χ4n) is 2.56. The lowest BCUT2D eigenvalue weighted by Crippen LogP contribution is -2.40. The van der Waals surface area contributed by atoms with E-state index in [1.54, 1.807) is 0 Å². The van der Waals surface area contributed by atoms with Crippen LogP contribution >= 0.6 is 0 Å². The standard InChI is InChI=1S/C14H26N4O/c1-12(14-5-4-8-19-14)15-6-7-17(2)10-13-9-16-18(3)11-13/h9,11-12,14-15H,4-8,10H2,1-3H3. The van der Waals surface area contributed by atoms with E-state index >= 15 is 0 Å². The van der Waals surface area contributed by atoms with E-state index < -0.39 is 0 Å². The Morgan fingerprint density at radius 3 is 3.11 bits per heavy atom. The summed E-state index contributed by atoms with van der Waals surface area (Å²) in [6, 6.07) is 0.453. The van der Waals surface area contributed by atoms with Gasteiger partial charge in [-0.15, -0.1) is 0 Å². The summed E-state index contributed by atoms with van der Waals surface area (Å²) >= 11 is 0. The fraction of sp³-hybridized carbons (Fsp3) is 0.786. The first kappa shape index (κ1) is 14.5. The average molecular weight is 266 g/mol. The third-order valence-electron chi connectivity index (χ3n) is 3.69. The average Bonchev–Trinajstić information content (AvgIpc) is 3.00. The van der Waals surface area contributed by atoms with Gasteiger partial charge in [-0.2, -0.15) is 5.10 Å². The summed E-state index contributed by atoms with van der Waals surface area (Å²) in [4.78, 5) is 2.31. The highest BCUT2D eigenvalue weighted by Gasteiger charge is 2.21. The fourth-order valence-corrected chi connectivity index (χ4v) is 2.56. The van der Waals surface area contributed by atoms with Crippen molar-refractivity contribution in [2.75, 3.05) is 26.7 Å². The van der Waals surface area contributed by atoms with Crippen molar-refractivity contribution < 1.29 is 4.74 Å². The molecular weight excluding hydrogens is 240 g/mol. The van der Waals surface area contributed by atoms with Crippen molar-refractivity contribution in [3.05, 3.63) is 18.0 Å². The lowest BCUT2D eigenvalue weighted by Gasteiger charge is -2.22. The van der Waals surface area contributed by atoms with Crippen molar-refractivity contribution in [2.45, 2.75) is 38.5 Å². The smallest absolute Gasteiger partial charge is 0.0726 e. The highest BCUT2D eigenvalue weighted by atomic mass is 16.5. The summed E-state index contributed by atoms with van der Waals surface area (Å²) in [7, 11) is 4.10. The number of hydrogen-bond donors (Lipinski definition) is 1. The largest absolute Gasteiger partial charge is 0.377 e. The number of aromatic nitrogens is 2. The summed E-state index contributed by atoms with van der Waals surface area (Å²) in [5.41, 5.74) is 1.26.